The van der Waals surface area contributed by atoms with E-state index >= 15 is 0 Å². The van der Waals surface area contributed by atoms with E-state index in [2.05, 4.69) is 23.3 Å². The second-order valence-electron chi connectivity index (χ2n) is 5.21. The maximum absolute atomic E-state index is 9.04. The maximum Gasteiger partial charge on any atom is 0.0669 e. The van der Waals surface area contributed by atoms with Gasteiger partial charge in [-0.25, -0.2) is 0 Å². The average molecular weight is 223 g/mol. The highest BCUT2D eigenvalue weighted by Gasteiger charge is 2.32. The van der Waals surface area contributed by atoms with Crippen LogP contribution < -0.4 is 5.32 Å². The van der Waals surface area contributed by atoms with Gasteiger partial charge in [-0.15, -0.1) is 0 Å². The van der Waals surface area contributed by atoms with Gasteiger partial charge in [-0.05, 0) is 39.3 Å². The number of nitrogens with one attached hydrogen (secondary N) is 1. The Morgan fingerprint density at radius 1 is 1.25 bits per heavy atom. The van der Waals surface area contributed by atoms with Crippen molar-refractivity contribution in [2.24, 2.45) is 5.92 Å². The number of hydrogen-bond acceptors (Lipinski definition) is 3. The predicted octanol–water partition coefficient (Wildman–Crippen LogP) is 2.00. The van der Waals surface area contributed by atoms with Gasteiger partial charge in [-0.2, -0.15) is 5.26 Å². The van der Waals surface area contributed by atoms with Crippen molar-refractivity contribution in [3.8, 4) is 6.07 Å². The van der Waals surface area contributed by atoms with E-state index in [1.165, 1.54) is 38.6 Å². The van der Waals surface area contributed by atoms with Crippen LogP contribution >= 0.6 is 0 Å². The summed E-state index contributed by atoms with van der Waals surface area (Å²) in [4.78, 5) is 2.57. The van der Waals surface area contributed by atoms with E-state index in [0.29, 0.717) is 12.1 Å². The molecule has 1 heterocycles. The monoisotopic (exact) mass is 223 g/mol. The molecular weight excluding hydrogens is 198 g/mol. The number of rotatable bonds is 2. The van der Waals surface area contributed by atoms with Crippen molar-refractivity contribution >= 4 is 0 Å². The molecule has 92 valence electrons. The van der Waals surface area contributed by atoms with Crippen molar-refractivity contribution in [3.63, 3.8) is 0 Å². The molecular formula is C13H25N3. The molecule has 1 aliphatic heterocycles. The molecule has 2 fully saturated rings. The van der Waals surface area contributed by atoms with E-state index in [1.807, 2.05) is 0 Å². The van der Waals surface area contributed by atoms with Crippen LogP contribution in [0, 0.1) is 17.2 Å². The number of hydrogen-bond donors (Lipinski definition) is 1. The minimum atomic E-state index is 0. The molecule has 1 N–H and O–H groups in total. The van der Waals surface area contributed by atoms with Gasteiger partial charge >= 0.3 is 0 Å². The lowest BCUT2D eigenvalue weighted by Gasteiger charge is -2.42. The summed E-state index contributed by atoms with van der Waals surface area (Å²) in [6.07, 6.45) is 7.63. The molecule has 0 aromatic rings. The van der Waals surface area contributed by atoms with Crippen molar-refractivity contribution in [3.05, 3.63) is 0 Å². The molecule has 0 radical (unpaired) electrons. The van der Waals surface area contributed by atoms with E-state index in [-0.39, 0.29) is 7.34 Å². The van der Waals surface area contributed by atoms with E-state index in [4.69, 9.17) is 5.26 Å². The fraction of sp³-hybridized carbons (Fsp3) is 0.923. The zero-order valence-electron chi connectivity index (χ0n) is 10.3. The smallest absolute Gasteiger partial charge is 0.0669 e. The first kappa shape index (κ1) is 11.9. The number of piperidine rings is 1. The molecule has 1 aliphatic carbocycles. The molecule has 3 atom stereocenters. The molecule has 0 aromatic heterocycles. The second kappa shape index (κ2) is 5.65. The van der Waals surface area contributed by atoms with Crippen LogP contribution in [0.25, 0.3) is 0 Å². The van der Waals surface area contributed by atoms with E-state index in [1.54, 1.807) is 0 Å². The third-order valence-electron chi connectivity index (χ3n) is 4.20. The fourth-order valence-electron chi connectivity index (χ4n) is 3.30. The first-order valence-corrected chi connectivity index (χ1v) is 6.66. The van der Waals surface area contributed by atoms with Crippen LogP contribution in [0.15, 0.2) is 0 Å². The first-order chi connectivity index (χ1) is 7.85. The largest absolute Gasteiger partial charge is 0.315 e. The second-order valence-corrected chi connectivity index (χ2v) is 5.21. The van der Waals surface area contributed by atoms with Crippen molar-refractivity contribution in [2.75, 3.05) is 20.1 Å². The quantitative estimate of drug-likeness (QED) is 0.778. The summed E-state index contributed by atoms with van der Waals surface area (Å²) in [5, 5.41) is 12.5. The summed E-state index contributed by atoms with van der Waals surface area (Å²) >= 11 is 0. The van der Waals surface area contributed by atoms with Crippen LogP contribution in [0.2, 0.25) is 0 Å². The van der Waals surface area contributed by atoms with Crippen LogP contribution in [0.1, 0.15) is 40.0 Å². The normalized spacial score (nSPS) is 36.9. The number of likely N-dealkylation sites (tertiary alicyclic amines) is 1. The number of likely N-dealkylation sites (N-methyl/N-ethyl adjacent to an activating group) is 1. The number of nitrogens with zero attached hydrogens (tertiary/aromatic N) is 2. The third kappa shape index (κ3) is 2.56. The maximum atomic E-state index is 9.04. The van der Waals surface area contributed by atoms with Gasteiger partial charge < -0.3 is 5.32 Å². The van der Waals surface area contributed by atoms with Gasteiger partial charge in [0, 0.05) is 20.1 Å². The molecule has 1 saturated heterocycles. The molecule has 3 heteroatoms. The lowest BCUT2D eigenvalue weighted by molar-refractivity contribution is 0.0901. The Morgan fingerprint density at radius 2 is 2.06 bits per heavy atom. The topological polar surface area (TPSA) is 39.1 Å². The zero-order valence-corrected chi connectivity index (χ0v) is 10.3. The highest BCUT2D eigenvalue weighted by molar-refractivity contribution is 4.94. The van der Waals surface area contributed by atoms with Gasteiger partial charge in [0.05, 0.1) is 12.0 Å². The molecule has 1 saturated carbocycles. The van der Waals surface area contributed by atoms with Gasteiger partial charge in [-0.1, -0.05) is 12.8 Å². The lowest BCUT2D eigenvalue weighted by atomic mass is 9.87. The summed E-state index contributed by atoms with van der Waals surface area (Å²) in [6.45, 7) is 2.19. The van der Waals surface area contributed by atoms with Gasteiger partial charge in [0.15, 0.2) is 0 Å². The third-order valence-corrected chi connectivity index (χ3v) is 4.20. The van der Waals surface area contributed by atoms with E-state index in [9.17, 15) is 0 Å². The van der Waals surface area contributed by atoms with Crippen molar-refractivity contribution < 1.29 is 1.43 Å². The SMILES string of the molecule is CN[C@H]1CCCC[C@@H]1N1CCC[C@@H](C#N)C1.[HH]. The lowest BCUT2D eigenvalue weighted by Crippen LogP contribution is -2.53. The summed E-state index contributed by atoms with van der Waals surface area (Å²) in [6, 6.07) is 3.76. The molecule has 3 nitrogen and oxygen atoms in total. The summed E-state index contributed by atoms with van der Waals surface area (Å²) in [7, 11) is 2.08. The van der Waals surface area contributed by atoms with Crippen molar-refractivity contribution in [1.82, 2.24) is 10.2 Å². The van der Waals surface area contributed by atoms with Crippen LogP contribution in [-0.4, -0.2) is 37.1 Å². The average Bonchev–Trinajstić information content (AvgIpc) is 2.38. The Labute approximate surface area is 100 Å². The Morgan fingerprint density at radius 3 is 2.81 bits per heavy atom. The minimum absolute atomic E-state index is 0. The summed E-state index contributed by atoms with van der Waals surface area (Å²) < 4.78 is 0. The van der Waals surface area contributed by atoms with Crippen LogP contribution in [0.3, 0.4) is 0 Å². The summed E-state index contributed by atoms with van der Waals surface area (Å²) in [5.41, 5.74) is 0. The van der Waals surface area contributed by atoms with Gasteiger partial charge in [-0.3, -0.25) is 4.90 Å². The Kier molecular flexibility index (Phi) is 4.20. The molecule has 0 amide bonds. The molecule has 2 aliphatic rings. The van der Waals surface area contributed by atoms with Gasteiger partial charge in [0.1, 0.15) is 0 Å². The standard InChI is InChI=1S/C13H23N3.H2/c1-15-12-6-2-3-7-13(12)16-8-4-5-11(9-14)10-16;/h11-13,15H,2-8,10H2,1H3;1H/t11-,12-,13-;/m0./s1. The molecule has 0 spiro atoms. The van der Waals surface area contributed by atoms with E-state index in [0.717, 1.165) is 13.0 Å². The molecule has 0 unspecified atom stereocenters. The Hall–Kier alpha value is -0.590. The van der Waals surface area contributed by atoms with Crippen LogP contribution in [0.5, 0.6) is 0 Å². The van der Waals surface area contributed by atoms with Gasteiger partial charge in [0.25, 0.3) is 0 Å². The summed E-state index contributed by atoms with van der Waals surface area (Å²) in [5.74, 6) is 0.271. The van der Waals surface area contributed by atoms with Crippen molar-refractivity contribution in [1.29, 1.82) is 5.26 Å². The molecule has 0 aromatic carbocycles. The molecule has 16 heavy (non-hydrogen) atoms. The van der Waals surface area contributed by atoms with Crippen LogP contribution in [0.4, 0.5) is 0 Å². The highest BCUT2D eigenvalue weighted by Crippen LogP contribution is 2.27. The van der Waals surface area contributed by atoms with Crippen LogP contribution in [-0.2, 0) is 0 Å². The number of nitriles is 1. The Bertz CT molecular complexity index is 264. The van der Waals surface area contributed by atoms with Crippen molar-refractivity contribution in [2.45, 2.75) is 50.6 Å². The first-order valence-electron chi connectivity index (χ1n) is 6.66. The van der Waals surface area contributed by atoms with E-state index < -0.39 is 0 Å². The van der Waals surface area contributed by atoms with Gasteiger partial charge in [0.2, 0.25) is 0 Å². The Balaban J connectivity index is 0.00000144. The zero-order chi connectivity index (χ0) is 11.4. The fourth-order valence-corrected chi connectivity index (χ4v) is 3.30. The highest BCUT2D eigenvalue weighted by atomic mass is 15.2. The molecule has 0 bridgehead atoms. The predicted molar refractivity (Wildman–Crippen MR) is 67.1 cm³/mol. The molecule has 2 rings (SSSR count). The minimum Gasteiger partial charge on any atom is -0.315 e.